The maximum absolute atomic E-state index is 6.17. The molecule has 0 atom stereocenters. The summed E-state index contributed by atoms with van der Waals surface area (Å²) in [6.45, 7) is 0. The topological polar surface area (TPSA) is 16.4 Å². The fraction of sp³-hybridized carbons (Fsp3) is 0. The van der Waals surface area contributed by atoms with Gasteiger partial charge in [-0.15, -0.1) is 0 Å². The van der Waals surface area contributed by atoms with E-state index in [9.17, 15) is 0 Å². The first-order chi connectivity index (χ1) is 27.8. The normalized spacial score (nSPS) is 11.2. The molecule has 264 valence electrons. The lowest BCUT2D eigenvalue weighted by molar-refractivity contribution is 0.669. The number of rotatable bonds is 8. The van der Waals surface area contributed by atoms with E-state index in [4.69, 9.17) is 4.42 Å². The maximum Gasteiger partial charge on any atom is 0.135 e. The molecule has 0 unspecified atom stereocenters. The quantitative estimate of drug-likeness (QED) is 0.156. The summed E-state index contributed by atoms with van der Waals surface area (Å²) in [4.78, 5) is 2.37. The molecule has 10 aromatic rings. The van der Waals surface area contributed by atoms with Crippen LogP contribution in [0.15, 0.2) is 229 Å². The lowest BCUT2D eigenvalue weighted by Gasteiger charge is -2.28. The van der Waals surface area contributed by atoms with Crippen molar-refractivity contribution in [1.29, 1.82) is 0 Å². The van der Waals surface area contributed by atoms with Crippen LogP contribution in [-0.4, -0.2) is 0 Å². The molecule has 0 N–H and O–H groups in total. The molecule has 0 radical (unpaired) electrons. The molecule has 0 aliphatic heterocycles. The van der Waals surface area contributed by atoms with E-state index in [0.717, 1.165) is 55.7 Å². The van der Waals surface area contributed by atoms with E-state index in [1.807, 2.05) is 12.1 Å². The zero-order valence-electron chi connectivity index (χ0n) is 30.7. The number of hydrogen-bond acceptors (Lipinski definition) is 2. The van der Waals surface area contributed by atoms with E-state index in [0.29, 0.717) is 0 Å². The Bertz CT molecular complexity index is 2930. The van der Waals surface area contributed by atoms with Crippen molar-refractivity contribution < 1.29 is 4.42 Å². The average molecular weight is 716 g/mol. The predicted molar refractivity (Wildman–Crippen MR) is 236 cm³/mol. The molecule has 10 rings (SSSR count). The Hall–Kier alpha value is -7.42. The zero-order chi connectivity index (χ0) is 37.3. The second-order valence-corrected chi connectivity index (χ2v) is 14.1. The lowest BCUT2D eigenvalue weighted by atomic mass is 9.90. The number of hydrogen-bond donors (Lipinski definition) is 0. The van der Waals surface area contributed by atoms with E-state index < -0.39 is 0 Å². The van der Waals surface area contributed by atoms with Crippen molar-refractivity contribution >= 4 is 39.0 Å². The highest BCUT2D eigenvalue weighted by Crippen LogP contribution is 2.43. The van der Waals surface area contributed by atoms with Crippen LogP contribution in [0.3, 0.4) is 0 Å². The molecule has 1 heterocycles. The summed E-state index contributed by atoms with van der Waals surface area (Å²) in [7, 11) is 0. The van der Waals surface area contributed by atoms with Gasteiger partial charge in [0.05, 0.1) is 5.69 Å². The van der Waals surface area contributed by atoms with E-state index in [1.165, 1.54) is 38.9 Å². The Balaban J connectivity index is 1.06. The molecule has 0 saturated heterocycles. The van der Waals surface area contributed by atoms with Crippen molar-refractivity contribution in [1.82, 2.24) is 0 Å². The second-order valence-electron chi connectivity index (χ2n) is 14.1. The summed E-state index contributed by atoms with van der Waals surface area (Å²) < 4.78 is 6.17. The second kappa shape index (κ2) is 14.4. The van der Waals surface area contributed by atoms with Crippen molar-refractivity contribution in [3.63, 3.8) is 0 Å². The highest BCUT2D eigenvalue weighted by atomic mass is 16.3. The Morgan fingerprint density at radius 2 is 0.750 bits per heavy atom. The third kappa shape index (κ3) is 6.24. The van der Waals surface area contributed by atoms with E-state index in [1.54, 1.807) is 0 Å². The van der Waals surface area contributed by atoms with Crippen LogP contribution in [0.2, 0.25) is 0 Å². The van der Waals surface area contributed by atoms with Gasteiger partial charge in [0.1, 0.15) is 11.2 Å². The molecular formula is C54H37NO. The van der Waals surface area contributed by atoms with Gasteiger partial charge in [-0.25, -0.2) is 0 Å². The van der Waals surface area contributed by atoms with Crippen molar-refractivity contribution in [3.8, 4) is 55.6 Å². The number of nitrogens with zero attached hydrogens (tertiary/aromatic N) is 1. The van der Waals surface area contributed by atoms with Gasteiger partial charge < -0.3 is 9.32 Å². The van der Waals surface area contributed by atoms with E-state index in [2.05, 4.69) is 217 Å². The summed E-state index contributed by atoms with van der Waals surface area (Å²) in [6.07, 6.45) is 0. The fourth-order valence-electron chi connectivity index (χ4n) is 7.92. The standard InChI is InChI=1S/C54H37NO/c1-4-14-38(15-5-1)39-24-30-45(31-25-39)55(52-22-12-10-20-48(52)41-16-6-2-7-17-41)46-32-26-40(27-33-46)43-28-34-47(50(36-43)42-18-8-3-9-19-42)44-29-35-54-51(37-44)49-21-11-13-23-53(49)56-54/h1-37H. The van der Waals surface area contributed by atoms with Gasteiger partial charge in [-0.1, -0.05) is 170 Å². The number of furan rings is 1. The monoisotopic (exact) mass is 715 g/mol. The van der Waals surface area contributed by atoms with Crippen molar-refractivity contribution in [3.05, 3.63) is 224 Å². The van der Waals surface area contributed by atoms with Crippen molar-refractivity contribution in [2.45, 2.75) is 0 Å². The van der Waals surface area contributed by atoms with Gasteiger partial charge in [-0.3, -0.25) is 0 Å². The SMILES string of the molecule is c1ccc(-c2ccc(N(c3ccc(-c4ccc(-c5ccc6oc7ccccc7c6c5)c(-c5ccccc5)c4)cc3)c3ccccc3-c3ccccc3)cc2)cc1. The minimum Gasteiger partial charge on any atom is -0.456 e. The molecule has 2 heteroatoms. The predicted octanol–water partition coefficient (Wildman–Crippen LogP) is 15.4. The molecule has 0 bridgehead atoms. The molecule has 0 saturated carbocycles. The minimum absolute atomic E-state index is 0.903. The molecule has 9 aromatic carbocycles. The van der Waals surface area contributed by atoms with Gasteiger partial charge in [-0.05, 0) is 105 Å². The highest BCUT2D eigenvalue weighted by Gasteiger charge is 2.18. The van der Waals surface area contributed by atoms with Gasteiger partial charge >= 0.3 is 0 Å². The first-order valence-electron chi connectivity index (χ1n) is 19.1. The Labute approximate surface area is 327 Å². The van der Waals surface area contributed by atoms with Crippen LogP contribution >= 0.6 is 0 Å². The van der Waals surface area contributed by atoms with Crippen LogP contribution in [0, 0.1) is 0 Å². The Morgan fingerprint density at radius 3 is 1.43 bits per heavy atom. The number of fused-ring (bicyclic) bond motifs is 3. The lowest BCUT2D eigenvalue weighted by Crippen LogP contribution is -2.11. The highest BCUT2D eigenvalue weighted by molar-refractivity contribution is 6.07. The first-order valence-corrected chi connectivity index (χ1v) is 19.1. The van der Waals surface area contributed by atoms with E-state index >= 15 is 0 Å². The van der Waals surface area contributed by atoms with Crippen molar-refractivity contribution in [2.24, 2.45) is 0 Å². The number of para-hydroxylation sites is 2. The number of anilines is 3. The summed E-state index contributed by atoms with van der Waals surface area (Å²) in [5.74, 6) is 0. The van der Waals surface area contributed by atoms with Gasteiger partial charge in [0.15, 0.2) is 0 Å². The molecular weight excluding hydrogens is 679 g/mol. The molecule has 0 fully saturated rings. The molecule has 56 heavy (non-hydrogen) atoms. The maximum atomic E-state index is 6.17. The van der Waals surface area contributed by atoms with Crippen LogP contribution in [0.25, 0.3) is 77.6 Å². The molecule has 0 spiro atoms. The van der Waals surface area contributed by atoms with Crippen LogP contribution in [0.4, 0.5) is 17.1 Å². The van der Waals surface area contributed by atoms with Crippen molar-refractivity contribution in [2.75, 3.05) is 4.90 Å². The summed E-state index contributed by atoms with van der Waals surface area (Å²) >= 11 is 0. The van der Waals surface area contributed by atoms with Crippen LogP contribution in [0.5, 0.6) is 0 Å². The average Bonchev–Trinajstić information content (AvgIpc) is 3.66. The third-order valence-electron chi connectivity index (χ3n) is 10.7. The molecule has 0 aliphatic carbocycles. The van der Waals surface area contributed by atoms with Gasteiger partial charge in [-0.2, -0.15) is 0 Å². The molecule has 1 aromatic heterocycles. The molecule has 2 nitrogen and oxygen atoms in total. The largest absolute Gasteiger partial charge is 0.456 e. The Kier molecular flexibility index (Phi) is 8.55. The summed E-state index contributed by atoms with van der Waals surface area (Å²) in [6, 6.07) is 80.1. The van der Waals surface area contributed by atoms with Crippen LogP contribution in [-0.2, 0) is 0 Å². The van der Waals surface area contributed by atoms with Gasteiger partial charge in [0.2, 0.25) is 0 Å². The third-order valence-corrected chi connectivity index (χ3v) is 10.7. The molecule has 0 amide bonds. The molecule has 0 aliphatic rings. The first kappa shape index (κ1) is 33.2. The zero-order valence-corrected chi connectivity index (χ0v) is 30.7. The summed E-state index contributed by atoms with van der Waals surface area (Å²) in [5, 5.41) is 2.26. The summed E-state index contributed by atoms with van der Waals surface area (Å²) in [5.41, 5.74) is 16.9. The van der Waals surface area contributed by atoms with Crippen LogP contribution < -0.4 is 4.90 Å². The van der Waals surface area contributed by atoms with Crippen LogP contribution in [0.1, 0.15) is 0 Å². The van der Waals surface area contributed by atoms with Gasteiger partial charge in [0, 0.05) is 27.7 Å². The number of benzene rings is 9. The van der Waals surface area contributed by atoms with E-state index in [-0.39, 0.29) is 0 Å². The fourth-order valence-corrected chi connectivity index (χ4v) is 7.92. The smallest absolute Gasteiger partial charge is 0.135 e. The minimum atomic E-state index is 0.903. The Morgan fingerprint density at radius 1 is 0.268 bits per heavy atom. The van der Waals surface area contributed by atoms with Gasteiger partial charge in [0.25, 0.3) is 0 Å².